The number of rotatable bonds is 13. The first kappa shape index (κ1) is 34.4. The van der Waals surface area contributed by atoms with Gasteiger partial charge >= 0.3 is 0 Å². The molecule has 48 heavy (non-hydrogen) atoms. The molecule has 2 heterocycles. The van der Waals surface area contributed by atoms with Gasteiger partial charge in [-0.05, 0) is 118 Å². The molecule has 0 spiro atoms. The number of carbonyl (C=O) groups is 1. The molecule has 1 N–H and O–H groups in total. The number of halogens is 3. The van der Waals surface area contributed by atoms with Crippen molar-refractivity contribution in [1.82, 2.24) is 15.1 Å². The third-order valence-corrected chi connectivity index (χ3v) is 10.3. The minimum absolute atomic E-state index is 0.00414. The van der Waals surface area contributed by atoms with Crippen molar-refractivity contribution in [2.45, 2.75) is 76.5 Å². The summed E-state index contributed by atoms with van der Waals surface area (Å²) in [7, 11) is 5.94. The summed E-state index contributed by atoms with van der Waals surface area (Å²) in [6.45, 7) is 3.85. The van der Waals surface area contributed by atoms with E-state index in [9.17, 15) is 13.6 Å². The fourth-order valence-electron chi connectivity index (χ4n) is 7.49. The van der Waals surface area contributed by atoms with Gasteiger partial charge in [0.05, 0.1) is 13.7 Å². The van der Waals surface area contributed by atoms with Gasteiger partial charge in [-0.25, -0.2) is 8.78 Å². The first-order valence-electron chi connectivity index (χ1n) is 17.1. The smallest absolute Gasteiger partial charge is 0.252 e. The molecular formula is C39H46ClF2N3O3. The fraction of sp³-hybridized carbons (Fsp3) is 0.462. The normalized spacial score (nSPS) is 20.6. The molecule has 9 heteroatoms. The molecule has 1 saturated heterocycles. The minimum atomic E-state index is -0.707. The fourth-order valence-corrected chi connectivity index (χ4v) is 7.69. The lowest BCUT2D eigenvalue weighted by molar-refractivity contribution is -0.128. The average molecular weight is 678 g/mol. The molecule has 0 radical (unpaired) electrons. The van der Waals surface area contributed by atoms with Gasteiger partial charge in [-0.3, -0.25) is 4.79 Å². The van der Waals surface area contributed by atoms with Crippen molar-refractivity contribution in [2.75, 3.05) is 34.4 Å². The lowest BCUT2D eigenvalue weighted by Crippen LogP contribution is -2.54. The van der Waals surface area contributed by atoms with Gasteiger partial charge < -0.3 is 24.6 Å². The number of carbonyl (C=O) groups excluding carboxylic acids is 1. The summed E-state index contributed by atoms with van der Waals surface area (Å²) in [5.41, 5.74) is 6.44. The molecule has 1 saturated carbocycles. The first-order valence-corrected chi connectivity index (χ1v) is 17.4. The van der Waals surface area contributed by atoms with Gasteiger partial charge in [0, 0.05) is 36.8 Å². The predicted molar refractivity (Wildman–Crippen MR) is 186 cm³/mol. The number of hydrogen-bond acceptors (Lipinski definition) is 5. The highest BCUT2D eigenvalue weighted by molar-refractivity contribution is 6.32. The number of piperidine rings is 1. The highest BCUT2D eigenvalue weighted by Gasteiger charge is 2.43. The monoisotopic (exact) mass is 677 g/mol. The van der Waals surface area contributed by atoms with Crippen molar-refractivity contribution in [3.63, 3.8) is 0 Å². The number of nitrogens with zero attached hydrogens (tertiary/aromatic N) is 2. The zero-order valence-corrected chi connectivity index (χ0v) is 29.1. The molecule has 1 amide bonds. The van der Waals surface area contributed by atoms with Crippen LogP contribution >= 0.6 is 11.6 Å². The van der Waals surface area contributed by atoms with Gasteiger partial charge in [0.25, 0.3) is 5.91 Å². The van der Waals surface area contributed by atoms with E-state index in [1.54, 1.807) is 7.11 Å². The van der Waals surface area contributed by atoms with E-state index in [1.807, 2.05) is 12.1 Å². The van der Waals surface area contributed by atoms with Crippen molar-refractivity contribution in [1.29, 1.82) is 0 Å². The first-order chi connectivity index (χ1) is 23.1. The molecule has 3 aliphatic rings. The summed E-state index contributed by atoms with van der Waals surface area (Å²) >= 11 is 5.90. The van der Waals surface area contributed by atoms with Gasteiger partial charge in [0.1, 0.15) is 16.6 Å². The summed E-state index contributed by atoms with van der Waals surface area (Å²) in [4.78, 5) is 19.2. The summed E-state index contributed by atoms with van der Waals surface area (Å²) in [5, 5.41) is 3.51. The molecule has 2 bridgehead atoms. The van der Waals surface area contributed by atoms with Crippen LogP contribution in [0.3, 0.4) is 0 Å². The van der Waals surface area contributed by atoms with Crippen LogP contribution < -0.4 is 14.8 Å². The Bertz CT molecular complexity index is 1660. The minimum Gasteiger partial charge on any atom is -0.496 e. The van der Waals surface area contributed by atoms with E-state index in [0.717, 1.165) is 89.9 Å². The highest BCUT2D eigenvalue weighted by atomic mass is 35.5. The zero-order chi connectivity index (χ0) is 33.9. The number of nitrogens with one attached hydrogen (secondary N) is 1. The second-order valence-electron chi connectivity index (χ2n) is 13.8. The van der Waals surface area contributed by atoms with Crippen LogP contribution in [0, 0.1) is 24.5 Å². The van der Waals surface area contributed by atoms with E-state index in [0.29, 0.717) is 31.3 Å². The van der Waals surface area contributed by atoms with E-state index in [-0.39, 0.29) is 35.4 Å². The van der Waals surface area contributed by atoms with Gasteiger partial charge in [0.15, 0.2) is 11.6 Å². The van der Waals surface area contributed by atoms with Crippen molar-refractivity contribution < 1.29 is 23.0 Å². The maximum atomic E-state index is 14.8. The quantitative estimate of drug-likeness (QED) is 0.149. The third-order valence-electron chi connectivity index (χ3n) is 9.97. The molecule has 3 aromatic carbocycles. The number of amides is 1. The predicted octanol–water partition coefficient (Wildman–Crippen LogP) is 7.59. The Morgan fingerprint density at radius 3 is 2.48 bits per heavy atom. The Labute approximate surface area is 288 Å². The van der Waals surface area contributed by atoms with Gasteiger partial charge in [-0.2, -0.15) is 0 Å². The number of hydrogen-bond donors (Lipinski definition) is 1. The molecule has 6 rings (SSSR count). The summed E-state index contributed by atoms with van der Waals surface area (Å²) in [5.74, 6) is -0.128. The average Bonchev–Trinajstić information content (AvgIpc) is 3.91. The largest absolute Gasteiger partial charge is 0.496 e. The molecule has 3 atom stereocenters. The molecule has 6 nitrogen and oxygen atoms in total. The van der Waals surface area contributed by atoms with Crippen LogP contribution in [0.4, 0.5) is 8.78 Å². The van der Waals surface area contributed by atoms with E-state index < -0.39 is 11.6 Å². The number of benzene rings is 3. The third kappa shape index (κ3) is 7.72. The molecule has 3 aromatic rings. The van der Waals surface area contributed by atoms with Crippen molar-refractivity contribution >= 4 is 23.1 Å². The van der Waals surface area contributed by atoms with Gasteiger partial charge in [0.2, 0.25) is 0 Å². The lowest BCUT2D eigenvalue weighted by atomic mass is 9.74. The molecule has 2 aliphatic heterocycles. The maximum Gasteiger partial charge on any atom is 0.252 e. The molecule has 0 aromatic heterocycles. The van der Waals surface area contributed by atoms with Crippen LogP contribution in [0.1, 0.15) is 60.8 Å². The Morgan fingerprint density at radius 2 is 1.77 bits per heavy atom. The maximum absolute atomic E-state index is 14.8. The highest BCUT2D eigenvalue weighted by Crippen LogP contribution is 2.41. The zero-order valence-electron chi connectivity index (χ0n) is 28.3. The van der Waals surface area contributed by atoms with Crippen molar-refractivity contribution in [3.05, 3.63) is 99.1 Å². The Kier molecular flexibility index (Phi) is 10.7. The summed E-state index contributed by atoms with van der Waals surface area (Å²) < 4.78 is 38.9. The number of aryl methyl sites for hydroxylation is 1. The van der Waals surface area contributed by atoms with Gasteiger partial charge in [-0.15, -0.1) is 0 Å². The van der Waals surface area contributed by atoms with Gasteiger partial charge in [-0.1, -0.05) is 48.0 Å². The van der Waals surface area contributed by atoms with Crippen LogP contribution in [0.2, 0.25) is 5.02 Å². The number of fused-ring (bicyclic) bond motifs is 2. The second-order valence-corrected chi connectivity index (χ2v) is 14.2. The number of methoxy groups -OCH3 is 1. The van der Waals surface area contributed by atoms with E-state index >= 15 is 0 Å². The number of ether oxygens (including phenoxy) is 2. The molecule has 1 unspecified atom stereocenters. The SMILES string of the molecule is COc1cccc(CN(C(=O)C2=C(c3ccc(CCCOc4c(F)ccc(F)c4Cl)cc3)C[C@@H]3CC(CN(C)C)C[C@H]2N3)C2CC2)c1C. The van der Waals surface area contributed by atoms with Crippen LogP contribution in [0.15, 0.2) is 60.2 Å². The molecule has 1 aliphatic carbocycles. The summed E-state index contributed by atoms with van der Waals surface area (Å²) in [6, 6.07) is 17.1. The van der Waals surface area contributed by atoms with Crippen LogP contribution in [-0.4, -0.2) is 68.2 Å². The summed E-state index contributed by atoms with van der Waals surface area (Å²) in [6.07, 6.45) is 6.20. The Hall–Kier alpha value is -3.46. The molecular weight excluding hydrogens is 632 g/mol. The van der Waals surface area contributed by atoms with Crippen LogP contribution in [0.5, 0.6) is 11.5 Å². The second kappa shape index (κ2) is 15.0. The molecule has 256 valence electrons. The van der Waals surface area contributed by atoms with Crippen LogP contribution in [-0.2, 0) is 17.8 Å². The van der Waals surface area contributed by atoms with Crippen molar-refractivity contribution in [3.8, 4) is 11.5 Å². The van der Waals surface area contributed by atoms with Crippen molar-refractivity contribution in [2.24, 2.45) is 5.92 Å². The Morgan fingerprint density at radius 1 is 1.02 bits per heavy atom. The van der Waals surface area contributed by atoms with Crippen LogP contribution in [0.25, 0.3) is 5.57 Å². The van der Waals surface area contributed by atoms with E-state index in [1.165, 1.54) is 0 Å². The van der Waals surface area contributed by atoms with E-state index in [2.05, 4.69) is 66.5 Å². The Balaban J connectivity index is 1.24. The standard InChI is InChI=1S/C39H46ClF2N3O3/c1-24-28(8-5-9-35(24)47-4)23-45(30-14-15-30)39(46)36-31(21-29-19-26(22-44(2)3)20-34(36)43-29)27-12-10-25(11-13-27)7-6-18-48-38-33(42)17-16-32(41)37(38)40/h5,8-13,16-17,26,29-30,34,43H,6-7,14-15,18-23H2,1-4H3/t26?,29-,34+/m0/s1. The lowest BCUT2D eigenvalue weighted by Gasteiger charge is -2.44. The molecule has 2 fully saturated rings. The topological polar surface area (TPSA) is 54.0 Å². The van der Waals surface area contributed by atoms with E-state index in [4.69, 9.17) is 21.1 Å².